The standard InChI is InChI=1S/C14H17FN2O/c15-12-3-1-4-13(9-12)18-10-11(6-7-16)14-5-2-8-17-14/h1-5,8-9,11,17H,6-7,10,16H2. The van der Waals surface area contributed by atoms with E-state index in [0.717, 1.165) is 12.1 Å². The first kappa shape index (κ1) is 12.6. The van der Waals surface area contributed by atoms with Crippen LogP contribution in [0.2, 0.25) is 0 Å². The van der Waals surface area contributed by atoms with E-state index in [4.69, 9.17) is 10.5 Å². The summed E-state index contributed by atoms with van der Waals surface area (Å²) in [6.07, 6.45) is 2.71. The second-order valence-electron chi connectivity index (χ2n) is 4.17. The third-order valence-corrected chi connectivity index (χ3v) is 2.82. The number of ether oxygens (including phenoxy) is 1. The number of rotatable bonds is 6. The summed E-state index contributed by atoms with van der Waals surface area (Å²) in [5.41, 5.74) is 6.69. The summed E-state index contributed by atoms with van der Waals surface area (Å²) in [7, 11) is 0. The molecule has 0 saturated carbocycles. The zero-order chi connectivity index (χ0) is 12.8. The summed E-state index contributed by atoms with van der Waals surface area (Å²) in [4.78, 5) is 3.16. The van der Waals surface area contributed by atoms with E-state index in [1.54, 1.807) is 12.1 Å². The average Bonchev–Trinajstić information content (AvgIpc) is 2.88. The number of aromatic nitrogens is 1. The Morgan fingerprint density at radius 1 is 1.28 bits per heavy atom. The van der Waals surface area contributed by atoms with E-state index in [9.17, 15) is 4.39 Å². The molecule has 0 aliphatic carbocycles. The van der Waals surface area contributed by atoms with Crippen LogP contribution in [0.15, 0.2) is 42.6 Å². The monoisotopic (exact) mass is 248 g/mol. The van der Waals surface area contributed by atoms with Gasteiger partial charge in [-0.2, -0.15) is 0 Å². The van der Waals surface area contributed by atoms with E-state index < -0.39 is 0 Å². The number of nitrogens with two attached hydrogens (primary N) is 1. The van der Waals surface area contributed by atoms with Crippen LogP contribution in [0, 0.1) is 5.82 Å². The average molecular weight is 248 g/mol. The van der Waals surface area contributed by atoms with Crippen molar-refractivity contribution in [3.05, 3.63) is 54.1 Å². The Kier molecular flexibility index (Phi) is 4.36. The highest BCUT2D eigenvalue weighted by molar-refractivity contribution is 5.22. The quantitative estimate of drug-likeness (QED) is 0.825. The summed E-state index contributed by atoms with van der Waals surface area (Å²) in [5, 5.41) is 0. The molecule has 2 aromatic rings. The van der Waals surface area contributed by atoms with Gasteiger partial charge in [0.05, 0.1) is 6.61 Å². The van der Waals surface area contributed by atoms with Gasteiger partial charge < -0.3 is 15.5 Å². The Bertz CT molecular complexity index is 470. The van der Waals surface area contributed by atoms with Crippen molar-refractivity contribution in [3.63, 3.8) is 0 Å². The fraction of sp³-hybridized carbons (Fsp3) is 0.286. The van der Waals surface area contributed by atoms with Crippen molar-refractivity contribution in [2.24, 2.45) is 5.73 Å². The number of nitrogens with one attached hydrogen (secondary N) is 1. The lowest BCUT2D eigenvalue weighted by molar-refractivity contribution is 0.279. The summed E-state index contributed by atoms with van der Waals surface area (Å²) in [6, 6.07) is 10.1. The van der Waals surface area contributed by atoms with Crippen molar-refractivity contribution in [1.29, 1.82) is 0 Å². The lowest BCUT2D eigenvalue weighted by Gasteiger charge is -2.16. The normalized spacial score (nSPS) is 12.3. The second kappa shape index (κ2) is 6.21. The lowest BCUT2D eigenvalue weighted by atomic mass is 10.0. The fourth-order valence-electron chi connectivity index (χ4n) is 1.88. The van der Waals surface area contributed by atoms with Crippen molar-refractivity contribution < 1.29 is 9.13 Å². The Morgan fingerprint density at radius 3 is 2.83 bits per heavy atom. The highest BCUT2D eigenvalue weighted by atomic mass is 19.1. The second-order valence-corrected chi connectivity index (χ2v) is 4.17. The zero-order valence-corrected chi connectivity index (χ0v) is 10.1. The molecule has 3 N–H and O–H groups in total. The van der Waals surface area contributed by atoms with Gasteiger partial charge in [-0.15, -0.1) is 0 Å². The van der Waals surface area contributed by atoms with Crippen LogP contribution in [-0.4, -0.2) is 18.1 Å². The molecule has 0 saturated heterocycles. The van der Waals surface area contributed by atoms with Crippen molar-refractivity contribution in [2.75, 3.05) is 13.2 Å². The maximum absolute atomic E-state index is 13.0. The van der Waals surface area contributed by atoms with Gasteiger partial charge in [0, 0.05) is 23.9 Å². The highest BCUT2D eigenvalue weighted by Crippen LogP contribution is 2.20. The molecular formula is C14H17FN2O. The third-order valence-electron chi connectivity index (χ3n) is 2.82. The number of aromatic amines is 1. The molecule has 4 heteroatoms. The van der Waals surface area contributed by atoms with Crippen molar-refractivity contribution in [3.8, 4) is 5.75 Å². The van der Waals surface area contributed by atoms with Crippen LogP contribution >= 0.6 is 0 Å². The first-order valence-corrected chi connectivity index (χ1v) is 6.01. The zero-order valence-electron chi connectivity index (χ0n) is 10.1. The fourth-order valence-corrected chi connectivity index (χ4v) is 1.88. The number of halogens is 1. The van der Waals surface area contributed by atoms with E-state index >= 15 is 0 Å². The van der Waals surface area contributed by atoms with Crippen molar-refractivity contribution >= 4 is 0 Å². The summed E-state index contributed by atoms with van der Waals surface area (Å²) in [6.45, 7) is 1.08. The minimum Gasteiger partial charge on any atom is -0.493 e. The predicted molar refractivity (Wildman–Crippen MR) is 69.1 cm³/mol. The molecule has 1 unspecified atom stereocenters. The molecule has 3 nitrogen and oxygen atoms in total. The van der Waals surface area contributed by atoms with Crippen LogP contribution in [-0.2, 0) is 0 Å². The summed E-state index contributed by atoms with van der Waals surface area (Å²) < 4.78 is 18.6. The van der Waals surface area contributed by atoms with Gasteiger partial charge in [0.15, 0.2) is 0 Å². The van der Waals surface area contributed by atoms with Gasteiger partial charge in [-0.3, -0.25) is 0 Å². The number of benzene rings is 1. The van der Waals surface area contributed by atoms with Crippen LogP contribution < -0.4 is 10.5 Å². The smallest absolute Gasteiger partial charge is 0.126 e. The molecule has 0 spiro atoms. The molecule has 0 radical (unpaired) electrons. The van der Waals surface area contributed by atoms with Gasteiger partial charge in [0.2, 0.25) is 0 Å². The number of H-pyrrole nitrogens is 1. The van der Waals surface area contributed by atoms with Crippen LogP contribution in [0.1, 0.15) is 18.0 Å². The van der Waals surface area contributed by atoms with Gasteiger partial charge in [0.1, 0.15) is 11.6 Å². The van der Waals surface area contributed by atoms with Gasteiger partial charge in [-0.05, 0) is 37.2 Å². The van der Waals surface area contributed by atoms with Gasteiger partial charge in [-0.1, -0.05) is 6.07 Å². The van der Waals surface area contributed by atoms with Crippen LogP contribution in [0.4, 0.5) is 4.39 Å². The molecule has 1 aromatic carbocycles. The molecule has 1 aromatic heterocycles. The molecule has 18 heavy (non-hydrogen) atoms. The number of hydrogen-bond acceptors (Lipinski definition) is 2. The minimum atomic E-state index is -0.289. The Labute approximate surface area is 106 Å². The SMILES string of the molecule is NCCC(COc1cccc(F)c1)c1ccc[nH]1. The first-order valence-electron chi connectivity index (χ1n) is 6.01. The van der Waals surface area contributed by atoms with Crippen LogP contribution in [0.25, 0.3) is 0 Å². The molecule has 0 fully saturated rings. The molecule has 0 aliphatic rings. The third kappa shape index (κ3) is 3.34. The van der Waals surface area contributed by atoms with Crippen molar-refractivity contribution in [1.82, 2.24) is 4.98 Å². The van der Waals surface area contributed by atoms with Gasteiger partial charge in [-0.25, -0.2) is 4.39 Å². The van der Waals surface area contributed by atoms with E-state index in [1.807, 2.05) is 18.3 Å². The molecule has 0 aliphatic heterocycles. The maximum Gasteiger partial charge on any atom is 0.126 e. The highest BCUT2D eigenvalue weighted by Gasteiger charge is 2.12. The van der Waals surface area contributed by atoms with Gasteiger partial charge >= 0.3 is 0 Å². The van der Waals surface area contributed by atoms with E-state index in [0.29, 0.717) is 18.9 Å². The molecule has 96 valence electrons. The maximum atomic E-state index is 13.0. The molecule has 1 heterocycles. The largest absolute Gasteiger partial charge is 0.493 e. The van der Waals surface area contributed by atoms with E-state index in [-0.39, 0.29) is 11.7 Å². The molecule has 0 amide bonds. The Hall–Kier alpha value is -1.81. The van der Waals surface area contributed by atoms with Crippen LogP contribution in [0.3, 0.4) is 0 Å². The minimum absolute atomic E-state index is 0.202. The van der Waals surface area contributed by atoms with Crippen molar-refractivity contribution in [2.45, 2.75) is 12.3 Å². The molecule has 1 atom stereocenters. The number of hydrogen-bond donors (Lipinski definition) is 2. The molecular weight excluding hydrogens is 231 g/mol. The summed E-state index contributed by atoms with van der Waals surface area (Å²) >= 11 is 0. The Morgan fingerprint density at radius 2 is 2.17 bits per heavy atom. The molecule has 2 rings (SSSR count). The summed E-state index contributed by atoms with van der Waals surface area (Å²) in [5.74, 6) is 0.458. The molecule has 0 bridgehead atoms. The van der Waals surface area contributed by atoms with E-state index in [1.165, 1.54) is 12.1 Å². The van der Waals surface area contributed by atoms with Gasteiger partial charge in [0.25, 0.3) is 0 Å². The topological polar surface area (TPSA) is 51.0 Å². The van der Waals surface area contributed by atoms with Crippen LogP contribution in [0.5, 0.6) is 5.75 Å². The first-order chi connectivity index (χ1) is 8.79. The Balaban J connectivity index is 1.98. The lowest BCUT2D eigenvalue weighted by Crippen LogP contribution is -2.15. The van der Waals surface area contributed by atoms with E-state index in [2.05, 4.69) is 4.98 Å². The predicted octanol–water partition coefficient (Wildman–Crippen LogP) is 2.67.